The summed E-state index contributed by atoms with van der Waals surface area (Å²) in [5.74, 6) is 0.0364. The molecule has 2 aromatic carbocycles. The molecule has 1 fully saturated rings. The van der Waals surface area contributed by atoms with Gasteiger partial charge in [-0.3, -0.25) is 9.69 Å². The smallest absolute Gasteiger partial charge is 0.241 e. The number of para-hydroxylation sites is 1. The Kier molecular flexibility index (Phi) is 6.16. The summed E-state index contributed by atoms with van der Waals surface area (Å²) in [5.41, 5.74) is 6.20. The van der Waals surface area contributed by atoms with Gasteiger partial charge < -0.3 is 15.0 Å². The monoisotopic (exact) mass is 393 g/mol. The Bertz CT molecular complexity index is 861. The Labute approximate surface area is 173 Å². The average Bonchev–Trinajstić information content (AvgIpc) is 3.22. The number of hydrogen-bond donors (Lipinski definition) is 1. The lowest BCUT2D eigenvalue weighted by Gasteiger charge is -2.32. The van der Waals surface area contributed by atoms with Crippen molar-refractivity contribution in [3.05, 3.63) is 59.2 Å². The summed E-state index contributed by atoms with van der Waals surface area (Å²) >= 11 is 0. The molecule has 4 rings (SSSR count). The lowest BCUT2D eigenvalue weighted by Crippen LogP contribution is -2.40. The van der Waals surface area contributed by atoms with E-state index in [0.717, 1.165) is 51.4 Å². The highest BCUT2D eigenvalue weighted by molar-refractivity contribution is 5.94. The predicted molar refractivity (Wildman–Crippen MR) is 117 cm³/mol. The first-order valence-electron chi connectivity index (χ1n) is 10.7. The number of rotatable bonds is 6. The number of amides is 1. The molecule has 5 nitrogen and oxygen atoms in total. The van der Waals surface area contributed by atoms with Crippen LogP contribution >= 0.6 is 0 Å². The topological polar surface area (TPSA) is 44.8 Å². The minimum atomic E-state index is -0.221. The summed E-state index contributed by atoms with van der Waals surface area (Å²) in [6.07, 6.45) is 3.49. The van der Waals surface area contributed by atoms with Crippen LogP contribution in [-0.2, 0) is 28.9 Å². The molecule has 1 heterocycles. The molecule has 1 aliphatic heterocycles. The summed E-state index contributed by atoms with van der Waals surface area (Å²) in [5, 5.41) is 3.11. The first kappa shape index (κ1) is 19.9. The van der Waals surface area contributed by atoms with Crippen molar-refractivity contribution in [2.24, 2.45) is 0 Å². The molecule has 0 radical (unpaired) electrons. The SMILES string of the molecule is CC(C(=O)Nc1ccc2c(c1)CCC2)N(C)Cc1ccccc1N1CCOCC1. The molecule has 1 N–H and O–H groups in total. The molecule has 1 unspecified atom stereocenters. The second-order valence-corrected chi connectivity index (χ2v) is 8.15. The van der Waals surface area contributed by atoms with Gasteiger partial charge in [-0.2, -0.15) is 0 Å². The number of carbonyl (C=O) groups is 1. The van der Waals surface area contributed by atoms with Crippen molar-refractivity contribution in [3.63, 3.8) is 0 Å². The number of nitrogens with zero attached hydrogens (tertiary/aromatic N) is 2. The van der Waals surface area contributed by atoms with E-state index < -0.39 is 0 Å². The Morgan fingerprint density at radius 2 is 1.90 bits per heavy atom. The third kappa shape index (κ3) is 4.62. The molecule has 1 saturated heterocycles. The quantitative estimate of drug-likeness (QED) is 0.816. The van der Waals surface area contributed by atoms with Crippen molar-refractivity contribution in [1.29, 1.82) is 0 Å². The lowest BCUT2D eigenvalue weighted by atomic mass is 10.1. The zero-order valence-electron chi connectivity index (χ0n) is 17.5. The molecule has 2 aliphatic rings. The van der Waals surface area contributed by atoms with Gasteiger partial charge in [-0.15, -0.1) is 0 Å². The van der Waals surface area contributed by atoms with Gasteiger partial charge in [0.15, 0.2) is 0 Å². The molecule has 0 spiro atoms. The van der Waals surface area contributed by atoms with E-state index in [1.165, 1.54) is 28.8 Å². The van der Waals surface area contributed by atoms with Gasteiger partial charge in [0, 0.05) is 31.0 Å². The molecule has 154 valence electrons. The lowest BCUT2D eigenvalue weighted by molar-refractivity contribution is -0.120. The van der Waals surface area contributed by atoms with E-state index in [-0.39, 0.29) is 11.9 Å². The van der Waals surface area contributed by atoms with E-state index in [2.05, 4.69) is 51.5 Å². The summed E-state index contributed by atoms with van der Waals surface area (Å²) in [4.78, 5) is 17.3. The maximum atomic E-state index is 12.9. The number of morpholine rings is 1. The normalized spacial score (nSPS) is 17.3. The van der Waals surface area contributed by atoms with Gasteiger partial charge >= 0.3 is 0 Å². The van der Waals surface area contributed by atoms with Crippen molar-refractivity contribution in [2.75, 3.05) is 43.6 Å². The van der Waals surface area contributed by atoms with E-state index in [0.29, 0.717) is 0 Å². The molecule has 0 saturated carbocycles. The summed E-state index contributed by atoms with van der Waals surface area (Å²) in [7, 11) is 2.02. The number of likely N-dealkylation sites (N-methyl/N-ethyl adjacent to an activating group) is 1. The third-order valence-electron chi connectivity index (χ3n) is 6.17. The third-order valence-corrected chi connectivity index (χ3v) is 6.17. The Morgan fingerprint density at radius 3 is 2.72 bits per heavy atom. The largest absolute Gasteiger partial charge is 0.378 e. The summed E-state index contributed by atoms with van der Waals surface area (Å²) in [6, 6.07) is 14.6. The Balaban J connectivity index is 1.40. The van der Waals surface area contributed by atoms with E-state index in [1.807, 2.05) is 20.0 Å². The van der Waals surface area contributed by atoms with Crippen LogP contribution in [-0.4, -0.2) is 50.2 Å². The average molecular weight is 394 g/mol. The minimum absolute atomic E-state index is 0.0364. The van der Waals surface area contributed by atoms with Crippen LogP contribution in [0, 0.1) is 0 Å². The zero-order chi connectivity index (χ0) is 20.2. The van der Waals surface area contributed by atoms with Gasteiger partial charge in [0.25, 0.3) is 0 Å². The highest BCUT2D eigenvalue weighted by Crippen LogP contribution is 2.26. The van der Waals surface area contributed by atoms with Gasteiger partial charge in [0.1, 0.15) is 0 Å². The van der Waals surface area contributed by atoms with Gasteiger partial charge in [-0.1, -0.05) is 24.3 Å². The van der Waals surface area contributed by atoms with Crippen molar-refractivity contribution in [1.82, 2.24) is 4.90 Å². The molecule has 5 heteroatoms. The number of ether oxygens (including phenoxy) is 1. The number of aryl methyl sites for hydroxylation is 2. The minimum Gasteiger partial charge on any atom is -0.378 e. The van der Waals surface area contributed by atoms with E-state index >= 15 is 0 Å². The van der Waals surface area contributed by atoms with Crippen molar-refractivity contribution in [3.8, 4) is 0 Å². The highest BCUT2D eigenvalue weighted by Gasteiger charge is 2.21. The van der Waals surface area contributed by atoms with Crippen LogP contribution in [0.2, 0.25) is 0 Å². The zero-order valence-corrected chi connectivity index (χ0v) is 17.5. The Hall–Kier alpha value is -2.37. The second-order valence-electron chi connectivity index (χ2n) is 8.15. The summed E-state index contributed by atoms with van der Waals surface area (Å²) < 4.78 is 5.49. The van der Waals surface area contributed by atoms with E-state index in [9.17, 15) is 4.79 Å². The van der Waals surface area contributed by atoms with Crippen LogP contribution in [0.25, 0.3) is 0 Å². The number of fused-ring (bicyclic) bond motifs is 1. The maximum Gasteiger partial charge on any atom is 0.241 e. The molecule has 1 atom stereocenters. The number of hydrogen-bond acceptors (Lipinski definition) is 4. The maximum absolute atomic E-state index is 12.9. The number of nitrogens with one attached hydrogen (secondary N) is 1. The molecular formula is C24H31N3O2. The number of benzene rings is 2. The van der Waals surface area contributed by atoms with Crippen LogP contribution in [0.5, 0.6) is 0 Å². The fraction of sp³-hybridized carbons (Fsp3) is 0.458. The van der Waals surface area contributed by atoms with E-state index in [4.69, 9.17) is 4.74 Å². The number of carbonyl (C=O) groups excluding carboxylic acids is 1. The highest BCUT2D eigenvalue weighted by atomic mass is 16.5. The molecule has 0 aromatic heterocycles. The molecule has 1 aliphatic carbocycles. The standard InChI is InChI=1S/C24H31N3O2/c1-18(24(28)25-22-11-10-19-7-5-8-20(19)16-22)26(2)17-21-6-3-4-9-23(21)27-12-14-29-15-13-27/h3-4,6,9-11,16,18H,5,7-8,12-15,17H2,1-2H3,(H,25,28). The second kappa shape index (κ2) is 8.97. The molecule has 2 aromatic rings. The van der Waals surface area contributed by atoms with Gasteiger partial charge in [0.2, 0.25) is 5.91 Å². The van der Waals surface area contributed by atoms with E-state index in [1.54, 1.807) is 0 Å². The fourth-order valence-corrected chi connectivity index (χ4v) is 4.26. The van der Waals surface area contributed by atoms with Gasteiger partial charge in [-0.25, -0.2) is 0 Å². The van der Waals surface area contributed by atoms with Crippen LogP contribution in [0.3, 0.4) is 0 Å². The molecule has 0 bridgehead atoms. The summed E-state index contributed by atoms with van der Waals surface area (Å²) in [6.45, 7) is 6.06. The predicted octanol–water partition coefficient (Wildman–Crippen LogP) is 3.47. The molecule has 29 heavy (non-hydrogen) atoms. The van der Waals surface area contributed by atoms with Crippen molar-refractivity contribution >= 4 is 17.3 Å². The Morgan fingerprint density at radius 1 is 1.14 bits per heavy atom. The van der Waals surface area contributed by atoms with Gasteiger partial charge in [-0.05, 0) is 68.1 Å². The van der Waals surface area contributed by atoms with Gasteiger partial charge in [0.05, 0.1) is 19.3 Å². The van der Waals surface area contributed by atoms with Crippen LogP contribution in [0.4, 0.5) is 11.4 Å². The van der Waals surface area contributed by atoms with Crippen molar-refractivity contribution < 1.29 is 9.53 Å². The van der Waals surface area contributed by atoms with Crippen LogP contribution < -0.4 is 10.2 Å². The first-order valence-corrected chi connectivity index (χ1v) is 10.7. The number of anilines is 2. The fourth-order valence-electron chi connectivity index (χ4n) is 4.26. The molecule has 1 amide bonds. The van der Waals surface area contributed by atoms with Crippen LogP contribution in [0.1, 0.15) is 30.0 Å². The first-order chi connectivity index (χ1) is 14.1. The van der Waals surface area contributed by atoms with Crippen molar-refractivity contribution in [2.45, 2.75) is 38.8 Å². The molecular weight excluding hydrogens is 362 g/mol. The van der Waals surface area contributed by atoms with Crippen LogP contribution in [0.15, 0.2) is 42.5 Å².